The Morgan fingerprint density at radius 2 is 1.22 bits per heavy atom. The molecule has 0 saturated heterocycles. The average molecular weight is 407 g/mol. The Morgan fingerprint density at radius 3 is 1.67 bits per heavy atom. The minimum absolute atomic E-state index is 0.501. The van der Waals surface area contributed by atoms with Crippen molar-refractivity contribution in [1.29, 1.82) is 0 Å². The molecule has 0 unspecified atom stereocenters. The van der Waals surface area contributed by atoms with E-state index < -0.39 is 22.9 Å². The van der Waals surface area contributed by atoms with Gasteiger partial charge in [-0.25, -0.2) is 0 Å². The SMILES string of the molecule is CCCC[C]1([Hf][C]2(CCC)C=CC=C2)C=CC=C1. The third-order valence-electron chi connectivity index (χ3n) is 3.87. The third kappa shape index (κ3) is 3.23. The first-order chi connectivity index (χ1) is 8.74. The van der Waals surface area contributed by atoms with Crippen LogP contribution in [0.1, 0.15) is 46.0 Å². The zero-order valence-corrected chi connectivity index (χ0v) is 15.2. The van der Waals surface area contributed by atoms with Crippen LogP contribution in [-0.2, 0) is 22.9 Å². The molecule has 0 aromatic heterocycles. The van der Waals surface area contributed by atoms with Crippen LogP contribution < -0.4 is 0 Å². The van der Waals surface area contributed by atoms with Crippen molar-refractivity contribution in [2.75, 3.05) is 0 Å². The van der Waals surface area contributed by atoms with Crippen LogP contribution in [-0.4, -0.2) is 0 Å². The fourth-order valence-electron chi connectivity index (χ4n) is 2.96. The predicted octanol–water partition coefficient (Wildman–Crippen LogP) is 5.63. The molecule has 0 aromatic carbocycles. The zero-order valence-electron chi connectivity index (χ0n) is 11.7. The molecule has 2 rings (SSSR count). The van der Waals surface area contributed by atoms with Crippen LogP contribution >= 0.6 is 0 Å². The van der Waals surface area contributed by atoms with E-state index in [2.05, 4.69) is 62.5 Å². The second kappa shape index (κ2) is 6.32. The van der Waals surface area contributed by atoms with Crippen molar-refractivity contribution < 1.29 is 22.9 Å². The van der Waals surface area contributed by atoms with Gasteiger partial charge in [0.1, 0.15) is 0 Å². The molecule has 0 N–H and O–H groups in total. The van der Waals surface area contributed by atoms with Crippen molar-refractivity contribution in [3.8, 4) is 0 Å². The Hall–Kier alpha value is -0.170. The Balaban J connectivity index is 2.13. The molecule has 1 heteroatoms. The van der Waals surface area contributed by atoms with E-state index in [9.17, 15) is 0 Å². The summed E-state index contributed by atoms with van der Waals surface area (Å²) in [5.41, 5.74) is 0. The van der Waals surface area contributed by atoms with Gasteiger partial charge in [0.2, 0.25) is 0 Å². The second-order valence-electron chi connectivity index (χ2n) is 5.50. The summed E-state index contributed by atoms with van der Waals surface area (Å²) in [6.07, 6.45) is 25.9. The summed E-state index contributed by atoms with van der Waals surface area (Å²) in [6.45, 7) is 4.63. The van der Waals surface area contributed by atoms with Gasteiger partial charge in [-0.15, -0.1) is 0 Å². The first-order valence-corrected chi connectivity index (χ1v) is 10.9. The molecule has 2 aliphatic rings. The van der Waals surface area contributed by atoms with Gasteiger partial charge in [-0.2, -0.15) is 0 Å². The quantitative estimate of drug-likeness (QED) is 0.481. The molecule has 0 radical (unpaired) electrons. The Labute approximate surface area is 123 Å². The van der Waals surface area contributed by atoms with E-state index in [0.29, 0.717) is 6.34 Å². The van der Waals surface area contributed by atoms with E-state index >= 15 is 0 Å². The van der Waals surface area contributed by atoms with Crippen LogP contribution in [0.3, 0.4) is 0 Å². The van der Waals surface area contributed by atoms with Gasteiger partial charge in [-0.1, -0.05) is 0 Å². The first kappa shape index (κ1) is 14.2. The molecule has 0 heterocycles. The number of allylic oxidation sites excluding steroid dienone is 8. The fraction of sp³-hybridized carbons (Fsp3) is 0.529. The summed E-state index contributed by atoms with van der Waals surface area (Å²) in [5, 5.41) is 0. The van der Waals surface area contributed by atoms with Crippen LogP contribution in [0.5, 0.6) is 0 Å². The van der Waals surface area contributed by atoms with Gasteiger partial charge in [-0.3, -0.25) is 0 Å². The predicted molar refractivity (Wildman–Crippen MR) is 76.4 cm³/mol. The summed E-state index contributed by atoms with van der Waals surface area (Å²) in [7, 11) is 0. The van der Waals surface area contributed by atoms with Crippen molar-refractivity contribution >= 4 is 0 Å². The molecular weight excluding hydrogens is 383 g/mol. The number of rotatable bonds is 7. The first-order valence-electron chi connectivity index (χ1n) is 7.28. The summed E-state index contributed by atoms with van der Waals surface area (Å²) in [4.78, 5) is 0. The molecule has 0 amide bonds. The number of hydrogen-bond donors (Lipinski definition) is 0. The molecule has 0 aliphatic heterocycles. The molecular formula is C17H24Hf. The van der Waals surface area contributed by atoms with Crippen molar-refractivity contribution in [1.82, 2.24) is 0 Å². The second-order valence-corrected chi connectivity index (χ2v) is 13.1. The molecule has 0 saturated carbocycles. The molecule has 0 spiro atoms. The Morgan fingerprint density at radius 1 is 0.722 bits per heavy atom. The van der Waals surface area contributed by atoms with Crippen LogP contribution in [0.25, 0.3) is 0 Å². The van der Waals surface area contributed by atoms with Gasteiger partial charge in [0.05, 0.1) is 0 Å². The third-order valence-corrected chi connectivity index (χ3v) is 11.4. The van der Waals surface area contributed by atoms with Crippen molar-refractivity contribution in [2.45, 2.75) is 52.3 Å². The molecule has 18 heavy (non-hydrogen) atoms. The number of hydrogen-bond acceptors (Lipinski definition) is 0. The minimum atomic E-state index is -0.817. The summed E-state index contributed by atoms with van der Waals surface area (Å²) < 4.78 is 1.01. The van der Waals surface area contributed by atoms with Crippen LogP contribution in [0.4, 0.5) is 0 Å². The van der Waals surface area contributed by atoms with E-state index in [1.54, 1.807) is 0 Å². The van der Waals surface area contributed by atoms with E-state index in [-0.39, 0.29) is 0 Å². The molecule has 0 bridgehead atoms. The normalized spacial score (nSPS) is 21.9. The van der Waals surface area contributed by atoms with E-state index in [4.69, 9.17) is 0 Å². The van der Waals surface area contributed by atoms with Crippen LogP contribution in [0.2, 0.25) is 6.34 Å². The Kier molecular flexibility index (Phi) is 5.00. The van der Waals surface area contributed by atoms with Crippen molar-refractivity contribution in [3.63, 3.8) is 0 Å². The number of unbranched alkanes of at least 4 members (excludes halogenated alkanes) is 1. The van der Waals surface area contributed by atoms with Gasteiger partial charge in [-0.05, 0) is 0 Å². The molecule has 2 aliphatic carbocycles. The van der Waals surface area contributed by atoms with Gasteiger partial charge in [0.15, 0.2) is 0 Å². The molecule has 0 aromatic rings. The average Bonchev–Trinajstić information content (AvgIpc) is 2.98. The monoisotopic (exact) mass is 408 g/mol. The van der Waals surface area contributed by atoms with Crippen molar-refractivity contribution in [3.05, 3.63) is 48.6 Å². The van der Waals surface area contributed by atoms with Crippen LogP contribution in [0, 0.1) is 0 Å². The maximum atomic E-state index is 2.52. The topological polar surface area (TPSA) is 0 Å². The van der Waals surface area contributed by atoms with Gasteiger partial charge < -0.3 is 0 Å². The van der Waals surface area contributed by atoms with Gasteiger partial charge in [0.25, 0.3) is 0 Å². The van der Waals surface area contributed by atoms with E-state index in [1.165, 1.54) is 32.1 Å². The van der Waals surface area contributed by atoms with Gasteiger partial charge in [0, 0.05) is 0 Å². The molecule has 0 atom stereocenters. The fourth-order valence-corrected chi connectivity index (χ4v) is 11.1. The van der Waals surface area contributed by atoms with Crippen LogP contribution in [0.15, 0.2) is 48.6 Å². The molecule has 96 valence electrons. The zero-order chi connectivity index (χ0) is 12.9. The summed E-state index contributed by atoms with van der Waals surface area (Å²) >= 11 is -0.817. The van der Waals surface area contributed by atoms with Crippen molar-refractivity contribution in [2.24, 2.45) is 0 Å². The summed E-state index contributed by atoms with van der Waals surface area (Å²) in [5.74, 6) is 0. The molecule has 0 nitrogen and oxygen atoms in total. The van der Waals surface area contributed by atoms with E-state index in [1.807, 2.05) is 0 Å². The van der Waals surface area contributed by atoms with Gasteiger partial charge >= 0.3 is 124 Å². The maximum absolute atomic E-state index is 2.52. The van der Waals surface area contributed by atoms with E-state index in [0.717, 1.165) is 0 Å². The molecule has 0 fully saturated rings. The Bertz CT molecular complexity index is 360. The summed E-state index contributed by atoms with van der Waals surface area (Å²) in [6, 6.07) is 0. The standard InChI is InChI=1S/C9H13.C8H11.Hf/c1-2-3-6-9-7-4-5-8-9;1-2-5-8-6-3-4-7-8;/h4-5,7-8H,2-3,6H2,1H3;3-4,6-7H,2,5H2,1H3;.